The number of ether oxygens (including phenoxy) is 2. The van der Waals surface area contributed by atoms with E-state index in [1.165, 1.54) is 0 Å². The smallest absolute Gasteiger partial charge is 0.253 e. The summed E-state index contributed by atoms with van der Waals surface area (Å²) >= 11 is 0. The minimum atomic E-state index is -0.0223. The van der Waals surface area contributed by atoms with E-state index < -0.39 is 0 Å². The number of Topliss-reactive ketones (excluding diaryl/α,β-unsaturated/α-hetero) is 1. The van der Waals surface area contributed by atoms with Gasteiger partial charge in [0.1, 0.15) is 0 Å². The second kappa shape index (κ2) is 7.06. The number of amides is 1. The molecule has 2 aliphatic heterocycles. The Bertz CT molecular complexity index is 897. The van der Waals surface area contributed by atoms with Crippen molar-refractivity contribution in [2.75, 3.05) is 19.9 Å². The molecule has 5 heteroatoms. The van der Waals surface area contributed by atoms with Gasteiger partial charge < -0.3 is 14.4 Å². The van der Waals surface area contributed by atoms with Crippen LogP contribution >= 0.6 is 0 Å². The Labute approximate surface area is 158 Å². The summed E-state index contributed by atoms with van der Waals surface area (Å²) in [6, 6.07) is 11.3. The number of fused-ring (bicyclic) bond motifs is 1. The summed E-state index contributed by atoms with van der Waals surface area (Å²) in [7, 11) is 0. The van der Waals surface area contributed by atoms with E-state index in [1.807, 2.05) is 36.9 Å². The number of piperidine rings is 1. The van der Waals surface area contributed by atoms with Gasteiger partial charge in [0.25, 0.3) is 5.91 Å². The van der Waals surface area contributed by atoms with E-state index in [0.29, 0.717) is 43.0 Å². The van der Waals surface area contributed by atoms with E-state index in [-0.39, 0.29) is 24.4 Å². The van der Waals surface area contributed by atoms with E-state index in [0.717, 1.165) is 16.7 Å². The van der Waals surface area contributed by atoms with Gasteiger partial charge in [-0.1, -0.05) is 17.7 Å². The van der Waals surface area contributed by atoms with Crippen LogP contribution < -0.4 is 9.47 Å². The van der Waals surface area contributed by atoms with E-state index in [4.69, 9.17) is 9.47 Å². The van der Waals surface area contributed by atoms with Gasteiger partial charge in [-0.05, 0) is 56.5 Å². The molecule has 2 aliphatic rings. The summed E-state index contributed by atoms with van der Waals surface area (Å²) in [6.45, 7) is 5.36. The van der Waals surface area contributed by atoms with E-state index in [2.05, 4.69) is 0 Å². The molecule has 0 spiro atoms. The number of likely N-dealkylation sites (tertiary alicyclic amines) is 1. The van der Waals surface area contributed by atoms with Crippen LogP contribution in [-0.4, -0.2) is 36.5 Å². The van der Waals surface area contributed by atoms with E-state index >= 15 is 0 Å². The summed E-state index contributed by atoms with van der Waals surface area (Å²) in [6.07, 6.45) is 1.39. The molecule has 27 heavy (non-hydrogen) atoms. The quantitative estimate of drug-likeness (QED) is 0.777. The van der Waals surface area contributed by atoms with Crippen LogP contribution in [-0.2, 0) is 0 Å². The van der Waals surface area contributed by atoms with Gasteiger partial charge in [0.05, 0.1) is 0 Å². The highest BCUT2D eigenvalue weighted by atomic mass is 16.7. The van der Waals surface area contributed by atoms with Gasteiger partial charge in [-0.15, -0.1) is 0 Å². The second-order valence-corrected chi connectivity index (χ2v) is 7.32. The fourth-order valence-electron chi connectivity index (χ4n) is 3.78. The Morgan fingerprint density at radius 1 is 0.963 bits per heavy atom. The highest BCUT2D eigenvalue weighted by Crippen LogP contribution is 2.33. The Kier molecular flexibility index (Phi) is 4.60. The number of ketones is 1. The molecule has 1 saturated heterocycles. The lowest BCUT2D eigenvalue weighted by Gasteiger charge is -2.31. The first-order valence-electron chi connectivity index (χ1n) is 9.33. The molecule has 1 amide bonds. The first kappa shape index (κ1) is 17.6. The predicted octanol–water partition coefficient (Wildman–Crippen LogP) is 3.77. The molecule has 2 heterocycles. The van der Waals surface area contributed by atoms with Crippen LogP contribution in [0.4, 0.5) is 0 Å². The maximum absolute atomic E-state index is 12.9. The zero-order chi connectivity index (χ0) is 19.0. The van der Waals surface area contributed by atoms with Crippen molar-refractivity contribution in [3.05, 3.63) is 58.7 Å². The average molecular weight is 365 g/mol. The van der Waals surface area contributed by atoms with Gasteiger partial charge >= 0.3 is 0 Å². The minimum absolute atomic E-state index is 0.0219. The predicted molar refractivity (Wildman–Crippen MR) is 101 cm³/mol. The van der Waals surface area contributed by atoms with Crippen molar-refractivity contribution in [3.63, 3.8) is 0 Å². The molecule has 1 fully saturated rings. The molecule has 0 aliphatic carbocycles. The van der Waals surface area contributed by atoms with Crippen LogP contribution in [0.25, 0.3) is 0 Å². The molecule has 0 saturated carbocycles. The van der Waals surface area contributed by atoms with Gasteiger partial charge in [-0.3, -0.25) is 9.59 Å². The van der Waals surface area contributed by atoms with Crippen LogP contribution in [0.3, 0.4) is 0 Å². The Balaban J connectivity index is 1.42. The van der Waals surface area contributed by atoms with Gasteiger partial charge in [0.15, 0.2) is 17.3 Å². The normalized spacial score (nSPS) is 16.4. The molecule has 0 unspecified atom stereocenters. The fourth-order valence-corrected chi connectivity index (χ4v) is 3.78. The molecular formula is C22H23NO4. The highest BCUT2D eigenvalue weighted by molar-refractivity contribution is 6.00. The topological polar surface area (TPSA) is 55.8 Å². The zero-order valence-electron chi connectivity index (χ0n) is 15.7. The van der Waals surface area contributed by atoms with Gasteiger partial charge in [-0.2, -0.15) is 0 Å². The first-order chi connectivity index (χ1) is 13.0. The number of aryl methyl sites for hydroxylation is 2. The SMILES string of the molecule is Cc1ccc(C)c(C(=O)C2CCN(C(=O)c3ccc4c(c3)OCO4)CC2)c1. The molecule has 0 atom stereocenters. The van der Waals surface area contributed by atoms with Crippen molar-refractivity contribution in [1.29, 1.82) is 0 Å². The third-order valence-corrected chi connectivity index (χ3v) is 5.43. The molecular weight excluding hydrogens is 342 g/mol. The molecule has 4 rings (SSSR count). The lowest BCUT2D eigenvalue weighted by molar-refractivity contribution is 0.0650. The van der Waals surface area contributed by atoms with Crippen LogP contribution in [0, 0.1) is 19.8 Å². The number of rotatable bonds is 3. The van der Waals surface area contributed by atoms with Gasteiger partial charge in [0, 0.05) is 30.1 Å². The Hall–Kier alpha value is -2.82. The number of carbonyl (C=O) groups is 2. The average Bonchev–Trinajstić information content (AvgIpc) is 3.16. The first-order valence-corrected chi connectivity index (χ1v) is 9.33. The number of carbonyl (C=O) groups excluding carboxylic acids is 2. The van der Waals surface area contributed by atoms with E-state index in [1.54, 1.807) is 18.2 Å². The maximum atomic E-state index is 12.9. The summed E-state index contributed by atoms with van der Waals surface area (Å²) in [5.74, 6) is 1.44. The largest absolute Gasteiger partial charge is 0.454 e. The van der Waals surface area contributed by atoms with Crippen LogP contribution in [0.15, 0.2) is 36.4 Å². The van der Waals surface area contributed by atoms with Crippen molar-refractivity contribution in [2.45, 2.75) is 26.7 Å². The molecule has 0 bridgehead atoms. The van der Waals surface area contributed by atoms with E-state index in [9.17, 15) is 9.59 Å². The third kappa shape index (κ3) is 3.42. The third-order valence-electron chi connectivity index (χ3n) is 5.43. The highest BCUT2D eigenvalue weighted by Gasteiger charge is 2.29. The monoisotopic (exact) mass is 365 g/mol. The standard InChI is InChI=1S/C22H23NO4/c1-14-3-4-15(2)18(11-14)21(24)16-7-9-23(10-8-16)22(25)17-5-6-19-20(12-17)27-13-26-19/h3-6,11-12,16H,7-10,13H2,1-2H3. The molecule has 0 aromatic heterocycles. The lowest BCUT2D eigenvalue weighted by Crippen LogP contribution is -2.40. The molecule has 0 radical (unpaired) electrons. The van der Waals surface area contributed by atoms with Crippen molar-refractivity contribution in [2.24, 2.45) is 5.92 Å². The van der Waals surface area contributed by atoms with Crippen molar-refractivity contribution >= 4 is 11.7 Å². The fraction of sp³-hybridized carbons (Fsp3) is 0.364. The van der Waals surface area contributed by atoms with Crippen LogP contribution in [0.2, 0.25) is 0 Å². The molecule has 2 aromatic rings. The van der Waals surface area contributed by atoms with Crippen LogP contribution in [0.1, 0.15) is 44.7 Å². The summed E-state index contributed by atoms with van der Waals surface area (Å²) in [5, 5.41) is 0. The van der Waals surface area contributed by atoms with Gasteiger partial charge in [0.2, 0.25) is 6.79 Å². The second-order valence-electron chi connectivity index (χ2n) is 7.32. The Morgan fingerprint density at radius 3 is 2.48 bits per heavy atom. The van der Waals surface area contributed by atoms with Crippen molar-refractivity contribution in [3.8, 4) is 11.5 Å². The number of benzene rings is 2. The van der Waals surface area contributed by atoms with Crippen molar-refractivity contribution in [1.82, 2.24) is 4.90 Å². The zero-order valence-corrected chi connectivity index (χ0v) is 15.7. The number of nitrogens with zero attached hydrogens (tertiary/aromatic N) is 1. The molecule has 0 N–H and O–H groups in total. The summed E-state index contributed by atoms with van der Waals surface area (Å²) in [4.78, 5) is 27.5. The molecule has 2 aromatic carbocycles. The molecule has 5 nitrogen and oxygen atoms in total. The van der Waals surface area contributed by atoms with Crippen molar-refractivity contribution < 1.29 is 19.1 Å². The molecule has 140 valence electrons. The summed E-state index contributed by atoms with van der Waals surface area (Å²) in [5.41, 5.74) is 3.53. The number of hydrogen-bond acceptors (Lipinski definition) is 4. The Morgan fingerprint density at radius 2 is 1.70 bits per heavy atom. The summed E-state index contributed by atoms with van der Waals surface area (Å²) < 4.78 is 10.7. The lowest BCUT2D eigenvalue weighted by atomic mass is 9.86. The van der Waals surface area contributed by atoms with Gasteiger partial charge in [-0.25, -0.2) is 0 Å². The minimum Gasteiger partial charge on any atom is -0.454 e. The maximum Gasteiger partial charge on any atom is 0.253 e. The number of hydrogen-bond donors (Lipinski definition) is 0. The van der Waals surface area contributed by atoms with Crippen LogP contribution in [0.5, 0.6) is 11.5 Å².